The standard InChI is InChI=1S/C17H27NO2/c1-3-11-12-6-4-5-8-18-9-7-13(15(12)18)14-10(2)17(19)20-16(11)14/h10-16H,3-9H2,1-2H3/t10-,11+,12+,13?,14+,15+,16-/m0/s1. The number of ether oxygens (including phenoxy) is 1. The predicted octanol–water partition coefficient (Wildman–Crippen LogP) is 2.69. The Morgan fingerprint density at radius 1 is 1.20 bits per heavy atom. The third-order valence-electron chi connectivity index (χ3n) is 6.80. The van der Waals surface area contributed by atoms with Crippen molar-refractivity contribution in [2.45, 2.75) is 58.1 Å². The van der Waals surface area contributed by atoms with E-state index < -0.39 is 0 Å². The average molecular weight is 277 g/mol. The number of hydrogen-bond donors (Lipinski definition) is 0. The van der Waals surface area contributed by atoms with E-state index in [1.807, 2.05) is 0 Å². The molecule has 3 heterocycles. The van der Waals surface area contributed by atoms with Gasteiger partial charge in [0.15, 0.2) is 0 Å². The summed E-state index contributed by atoms with van der Waals surface area (Å²) < 4.78 is 5.86. The number of carbonyl (C=O) groups excluding carboxylic acids is 1. The van der Waals surface area contributed by atoms with Gasteiger partial charge in [-0.25, -0.2) is 0 Å². The highest BCUT2D eigenvalue weighted by molar-refractivity contribution is 5.75. The zero-order valence-corrected chi connectivity index (χ0v) is 12.8. The van der Waals surface area contributed by atoms with Crippen molar-refractivity contribution in [1.29, 1.82) is 0 Å². The fraction of sp³-hybridized carbons (Fsp3) is 0.941. The molecule has 0 spiro atoms. The lowest BCUT2D eigenvalue weighted by Gasteiger charge is -2.48. The van der Waals surface area contributed by atoms with Crippen molar-refractivity contribution in [2.75, 3.05) is 13.1 Å². The molecule has 3 saturated heterocycles. The van der Waals surface area contributed by atoms with Gasteiger partial charge in [0, 0.05) is 17.9 Å². The number of fused-ring (bicyclic) bond motifs is 2. The van der Waals surface area contributed by atoms with Gasteiger partial charge < -0.3 is 4.74 Å². The van der Waals surface area contributed by atoms with Crippen LogP contribution in [0.1, 0.15) is 46.0 Å². The highest BCUT2D eigenvalue weighted by Gasteiger charge is 2.60. The Kier molecular flexibility index (Phi) is 3.10. The van der Waals surface area contributed by atoms with Crippen molar-refractivity contribution in [3.05, 3.63) is 0 Å². The molecule has 0 aromatic heterocycles. The summed E-state index contributed by atoms with van der Waals surface area (Å²) in [5.41, 5.74) is 0. The molecule has 0 aromatic rings. The topological polar surface area (TPSA) is 29.5 Å². The van der Waals surface area contributed by atoms with E-state index in [0.717, 1.165) is 12.0 Å². The average Bonchev–Trinajstić information content (AvgIpc) is 2.89. The van der Waals surface area contributed by atoms with E-state index in [1.165, 1.54) is 45.2 Å². The Labute approximate surface area is 122 Å². The molecule has 3 aliphatic heterocycles. The van der Waals surface area contributed by atoms with Gasteiger partial charge in [-0.3, -0.25) is 9.69 Å². The molecule has 112 valence electrons. The second kappa shape index (κ2) is 4.72. The van der Waals surface area contributed by atoms with Crippen LogP contribution in [0.15, 0.2) is 0 Å². The van der Waals surface area contributed by atoms with Crippen molar-refractivity contribution in [1.82, 2.24) is 4.90 Å². The summed E-state index contributed by atoms with van der Waals surface area (Å²) in [6, 6.07) is 0.751. The van der Waals surface area contributed by atoms with Crippen molar-refractivity contribution < 1.29 is 9.53 Å². The number of esters is 1. The molecule has 0 aromatic carbocycles. The van der Waals surface area contributed by atoms with E-state index in [9.17, 15) is 4.79 Å². The maximum atomic E-state index is 12.1. The second-order valence-electron chi connectivity index (χ2n) is 7.48. The largest absolute Gasteiger partial charge is 0.462 e. The minimum atomic E-state index is 0.0772. The van der Waals surface area contributed by atoms with Gasteiger partial charge in [0.2, 0.25) is 0 Å². The number of carbonyl (C=O) groups is 1. The van der Waals surface area contributed by atoms with Gasteiger partial charge in [0.05, 0.1) is 5.92 Å². The Bertz CT molecular complexity index is 410. The summed E-state index contributed by atoms with van der Waals surface area (Å²) in [6.45, 7) is 6.95. The Morgan fingerprint density at radius 3 is 2.85 bits per heavy atom. The van der Waals surface area contributed by atoms with Crippen molar-refractivity contribution >= 4 is 5.97 Å². The lowest BCUT2D eigenvalue weighted by molar-refractivity contribution is -0.148. The second-order valence-corrected chi connectivity index (χ2v) is 7.48. The molecular weight excluding hydrogens is 250 g/mol. The van der Waals surface area contributed by atoms with Crippen LogP contribution in [0.4, 0.5) is 0 Å². The summed E-state index contributed by atoms with van der Waals surface area (Å²) in [6.07, 6.45) is 6.77. The lowest BCUT2D eigenvalue weighted by atomic mass is 9.60. The van der Waals surface area contributed by atoms with Gasteiger partial charge in [-0.05, 0) is 50.6 Å². The van der Waals surface area contributed by atoms with E-state index in [-0.39, 0.29) is 18.0 Å². The molecule has 1 unspecified atom stereocenters. The van der Waals surface area contributed by atoms with Crippen LogP contribution in [0.5, 0.6) is 0 Å². The maximum absolute atomic E-state index is 12.1. The maximum Gasteiger partial charge on any atom is 0.309 e. The van der Waals surface area contributed by atoms with Gasteiger partial charge >= 0.3 is 5.97 Å². The third kappa shape index (κ3) is 1.65. The molecule has 3 heteroatoms. The minimum absolute atomic E-state index is 0.0772. The highest BCUT2D eigenvalue weighted by atomic mass is 16.6. The molecular formula is C17H27NO2. The lowest BCUT2D eigenvalue weighted by Crippen LogP contribution is -2.53. The molecule has 7 atom stereocenters. The molecule has 20 heavy (non-hydrogen) atoms. The number of nitrogens with zero attached hydrogens (tertiary/aromatic N) is 1. The van der Waals surface area contributed by atoms with Gasteiger partial charge in [0.25, 0.3) is 0 Å². The first-order valence-corrected chi connectivity index (χ1v) is 8.67. The normalized spacial score (nSPS) is 51.3. The van der Waals surface area contributed by atoms with Crippen molar-refractivity contribution in [3.8, 4) is 0 Å². The highest BCUT2D eigenvalue weighted by Crippen LogP contribution is 2.55. The van der Waals surface area contributed by atoms with E-state index in [2.05, 4.69) is 18.7 Å². The predicted molar refractivity (Wildman–Crippen MR) is 77.1 cm³/mol. The van der Waals surface area contributed by atoms with Crippen molar-refractivity contribution in [3.63, 3.8) is 0 Å². The van der Waals surface area contributed by atoms with E-state index in [1.54, 1.807) is 0 Å². The van der Waals surface area contributed by atoms with Crippen LogP contribution in [-0.2, 0) is 9.53 Å². The first-order valence-electron chi connectivity index (χ1n) is 8.67. The number of hydrogen-bond acceptors (Lipinski definition) is 3. The fourth-order valence-electron chi connectivity index (χ4n) is 6.04. The van der Waals surface area contributed by atoms with Crippen LogP contribution in [-0.4, -0.2) is 36.1 Å². The number of rotatable bonds is 1. The fourth-order valence-corrected chi connectivity index (χ4v) is 6.04. The molecule has 0 amide bonds. The molecule has 4 rings (SSSR count). The van der Waals surface area contributed by atoms with Crippen molar-refractivity contribution in [2.24, 2.45) is 29.6 Å². The van der Waals surface area contributed by atoms with E-state index in [4.69, 9.17) is 4.74 Å². The first kappa shape index (κ1) is 13.1. The zero-order chi connectivity index (χ0) is 13.9. The van der Waals surface area contributed by atoms with Crippen LogP contribution >= 0.6 is 0 Å². The first-order chi connectivity index (χ1) is 9.72. The van der Waals surface area contributed by atoms with E-state index >= 15 is 0 Å². The quantitative estimate of drug-likeness (QED) is 0.690. The van der Waals surface area contributed by atoms with Gasteiger partial charge in [-0.2, -0.15) is 0 Å². The van der Waals surface area contributed by atoms with Gasteiger partial charge in [0.1, 0.15) is 6.10 Å². The molecule has 1 aliphatic carbocycles. The molecule has 0 bridgehead atoms. The summed E-state index contributed by atoms with van der Waals surface area (Å²) in [5, 5.41) is 0. The van der Waals surface area contributed by atoms with Crippen LogP contribution in [0.2, 0.25) is 0 Å². The molecule has 0 N–H and O–H groups in total. The molecule has 0 radical (unpaired) electrons. The van der Waals surface area contributed by atoms with Crippen LogP contribution in [0.3, 0.4) is 0 Å². The summed E-state index contributed by atoms with van der Waals surface area (Å²) in [5.74, 6) is 2.80. The Morgan fingerprint density at radius 2 is 2.05 bits per heavy atom. The molecule has 3 nitrogen and oxygen atoms in total. The minimum Gasteiger partial charge on any atom is -0.462 e. The van der Waals surface area contributed by atoms with Crippen LogP contribution in [0, 0.1) is 29.6 Å². The van der Waals surface area contributed by atoms with Crippen LogP contribution < -0.4 is 0 Å². The zero-order valence-electron chi connectivity index (χ0n) is 12.8. The Balaban J connectivity index is 1.74. The summed E-state index contributed by atoms with van der Waals surface area (Å²) >= 11 is 0. The SMILES string of the molecule is CC[C@@H]1[C@H]2CCCCN3CCC([C@@H]4[C@H]1OC(=O)[C@H]4C)[C@@H]23. The summed E-state index contributed by atoms with van der Waals surface area (Å²) in [7, 11) is 0. The third-order valence-corrected chi connectivity index (χ3v) is 6.80. The van der Waals surface area contributed by atoms with Crippen LogP contribution in [0.25, 0.3) is 0 Å². The van der Waals surface area contributed by atoms with Gasteiger partial charge in [-0.1, -0.05) is 20.3 Å². The molecule has 4 aliphatic rings. The molecule has 1 saturated carbocycles. The smallest absolute Gasteiger partial charge is 0.309 e. The van der Waals surface area contributed by atoms with Gasteiger partial charge in [-0.15, -0.1) is 0 Å². The molecule has 4 fully saturated rings. The monoisotopic (exact) mass is 277 g/mol. The summed E-state index contributed by atoms with van der Waals surface area (Å²) in [4.78, 5) is 14.9. The van der Waals surface area contributed by atoms with E-state index in [0.29, 0.717) is 17.8 Å². The Hall–Kier alpha value is -0.570.